The van der Waals surface area contributed by atoms with Crippen molar-refractivity contribution >= 4 is 46.5 Å². The molecule has 1 aliphatic carbocycles. The zero-order valence-corrected chi connectivity index (χ0v) is 22.8. The van der Waals surface area contributed by atoms with Gasteiger partial charge >= 0.3 is 5.97 Å². The number of carboxylic acid groups (broad SMARTS) is 1. The van der Waals surface area contributed by atoms with E-state index in [1.54, 1.807) is 6.07 Å². The van der Waals surface area contributed by atoms with Crippen LogP contribution < -0.4 is 15.0 Å². The van der Waals surface area contributed by atoms with Crippen LogP contribution in [0.3, 0.4) is 0 Å². The Kier molecular flexibility index (Phi) is 9.88. The number of fused-ring (bicyclic) bond motifs is 1. The van der Waals surface area contributed by atoms with Crippen LogP contribution in [0.1, 0.15) is 42.7 Å². The van der Waals surface area contributed by atoms with E-state index in [0.717, 1.165) is 68.1 Å². The predicted molar refractivity (Wildman–Crippen MR) is 148 cm³/mol. The lowest BCUT2D eigenvalue weighted by molar-refractivity contribution is -0.140. The monoisotopic (exact) mass is 561 g/mol. The molecule has 0 saturated carbocycles. The molecule has 2 aromatic carbocycles. The molecule has 204 valence electrons. The molecule has 2 aliphatic rings. The lowest BCUT2D eigenvalue weighted by Crippen LogP contribution is -2.46. The first-order valence-corrected chi connectivity index (χ1v) is 13.7. The number of aliphatic carboxylic acids is 1. The van der Waals surface area contributed by atoms with Gasteiger partial charge in [0.05, 0.1) is 22.3 Å². The van der Waals surface area contributed by atoms with Crippen LogP contribution >= 0.6 is 23.2 Å². The van der Waals surface area contributed by atoms with Gasteiger partial charge in [-0.2, -0.15) is 0 Å². The average Bonchev–Trinajstić information content (AvgIpc) is 2.88. The van der Waals surface area contributed by atoms with Crippen LogP contribution in [-0.2, 0) is 20.8 Å². The minimum Gasteiger partial charge on any atom is -0.494 e. The number of halogens is 2. The van der Waals surface area contributed by atoms with Crippen molar-refractivity contribution in [3.63, 3.8) is 0 Å². The lowest BCUT2D eigenvalue weighted by Gasteiger charge is -2.36. The van der Waals surface area contributed by atoms with Gasteiger partial charge in [-0.1, -0.05) is 35.3 Å². The molecule has 8 nitrogen and oxygen atoms in total. The number of carbonyl (C=O) groups excluding carboxylic acids is 2. The molecule has 0 aromatic heterocycles. The van der Waals surface area contributed by atoms with Crippen LogP contribution in [0, 0.1) is 0 Å². The summed E-state index contributed by atoms with van der Waals surface area (Å²) in [6, 6.07) is 11.5. The number of Topliss-reactive ketones (excluding diaryl/α,β-unsaturated/α-hetero) is 1. The summed E-state index contributed by atoms with van der Waals surface area (Å²) in [6.07, 6.45) is 2.06. The van der Waals surface area contributed by atoms with Gasteiger partial charge in [0.2, 0.25) is 5.91 Å². The number of piperazine rings is 1. The Balaban J connectivity index is 1.18. The second-order valence-corrected chi connectivity index (χ2v) is 10.6. The van der Waals surface area contributed by atoms with Gasteiger partial charge in [-0.3, -0.25) is 19.3 Å². The highest BCUT2D eigenvalue weighted by atomic mass is 35.5. The number of benzene rings is 2. The highest BCUT2D eigenvalue weighted by Crippen LogP contribution is 2.33. The zero-order chi connectivity index (χ0) is 27.1. The number of hydrogen-bond acceptors (Lipinski definition) is 6. The number of amides is 1. The van der Waals surface area contributed by atoms with Gasteiger partial charge in [-0.25, -0.2) is 0 Å². The largest absolute Gasteiger partial charge is 0.494 e. The molecule has 1 unspecified atom stereocenters. The van der Waals surface area contributed by atoms with E-state index in [2.05, 4.69) is 15.1 Å². The number of anilines is 1. The van der Waals surface area contributed by atoms with Crippen molar-refractivity contribution in [1.82, 2.24) is 10.2 Å². The molecule has 1 heterocycles. The number of nitrogens with one attached hydrogen (secondary N) is 1. The Labute approximate surface area is 232 Å². The van der Waals surface area contributed by atoms with E-state index in [1.807, 2.05) is 30.3 Å². The highest BCUT2D eigenvalue weighted by molar-refractivity contribution is 6.43. The summed E-state index contributed by atoms with van der Waals surface area (Å²) in [6.45, 7) is 5.61. The van der Waals surface area contributed by atoms with Gasteiger partial charge in [0.1, 0.15) is 18.0 Å². The molecule has 2 aromatic rings. The first-order valence-electron chi connectivity index (χ1n) is 13.0. The third kappa shape index (κ3) is 7.62. The SMILES string of the molecule is O=C(O)CC(=O)NCC1CC(=O)Cc2cc(OCCCCN3CCN(c4cccc(Cl)c4Cl)CC3)ccc21. The summed E-state index contributed by atoms with van der Waals surface area (Å²) in [5.74, 6) is -1.05. The Morgan fingerprint density at radius 1 is 1.08 bits per heavy atom. The second kappa shape index (κ2) is 13.3. The zero-order valence-electron chi connectivity index (χ0n) is 21.3. The van der Waals surface area contributed by atoms with Gasteiger partial charge < -0.3 is 20.1 Å². The number of ketones is 1. The summed E-state index contributed by atoms with van der Waals surface area (Å²) in [7, 11) is 0. The molecule has 2 N–H and O–H groups in total. The van der Waals surface area contributed by atoms with Gasteiger partial charge in [-0.05, 0) is 54.8 Å². The molecular weight excluding hydrogens is 529 g/mol. The van der Waals surface area contributed by atoms with Crippen molar-refractivity contribution in [3.05, 3.63) is 57.6 Å². The van der Waals surface area contributed by atoms with Crippen LogP contribution in [0.2, 0.25) is 10.0 Å². The molecule has 10 heteroatoms. The number of unbranched alkanes of at least 4 members (excludes halogenated alkanes) is 1. The molecular formula is C28H33Cl2N3O5. The van der Waals surface area contributed by atoms with Crippen LogP contribution in [0.5, 0.6) is 5.75 Å². The Hall–Kier alpha value is -2.81. The van der Waals surface area contributed by atoms with Gasteiger partial charge in [-0.15, -0.1) is 0 Å². The number of nitrogens with zero attached hydrogens (tertiary/aromatic N) is 2. The van der Waals surface area contributed by atoms with Crippen molar-refractivity contribution in [3.8, 4) is 5.75 Å². The fourth-order valence-electron chi connectivity index (χ4n) is 5.09. The molecule has 1 atom stereocenters. The van der Waals surface area contributed by atoms with E-state index in [4.69, 9.17) is 33.0 Å². The molecule has 1 fully saturated rings. The number of carboxylic acids is 1. The van der Waals surface area contributed by atoms with Crippen molar-refractivity contribution in [1.29, 1.82) is 0 Å². The van der Waals surface area contributed by atoms with Crippen molar-refractivity contribution < 1.29 is 24.2 Å². The molecule has 0 radical (unpaired) electrons. The Morgan fingerprint density at radius 2 is 1.87 bits per heavy atom. The van der Waals surface area contributed by atoms with Crippen molar-refractivity contribution in [2.75, 3.05) is 50.8 Å². The summed E-state index contributed by atoms with van der Waals surface area (Å²) in [4.78, 5) is 39.4. The van der Waals surface area contributed by atoms with E-state index >= 15 is 0 Å². The number of hydrogen-bond donors (Lipinski definition) is 2. The number of ether oxygens (including phenoxy) is 1. The molecule has 1 saturated heterocycles. The molecule has 0 spiro atoms. The fraction of sp³-hybridized carbons (Fsp3) is 0.464. The molecule has 1 amide bonds. The minimum atomic E-state index is -1.17. The standard InChI is InChI=1S/C28H33Cl2N3O5/c29-24-4-3-5-25(28(24)30)33-11-9-32(10-12-33)8-1-2-13-38-22-6-7-23-19(16-22)14-21(34)15-20(23)18-31-26(35)17-27(36)37/h3-7,16,20H,1-2,8-15,17-18H2,(H,31,35)(H,36,37). The maximum atomic E-state index is 12.3. The summed E-state index contributed by atoms with van der Waals surface area (Å²) < 4.78 is 5.97. The number of carbonyl (C=O) groups is 3. The van der Waals surface area contributed by atoms with E-state index < -0.39 is 18.3 Å². The number of rotatable bonds is 11. The maximum absolute atomic E-state index is 12.3. The first kappa shape index (κ1) is 28.2. The van der Waals surface area contributed by atoms with Crippen molar-refractivity contribution in [2.45, 2.75) is 38.0 Å². The third-order valence-corrected chi connectivity index (χ3v) is 7.86. The first-order chi connectivity index (χ1) is 18.3. The molecule has 4 rings (SSSR count). The average molecular weight is 562 g/mol. The molecule has 1 aliphatic heterocycles. The van der Waals surface area contributed by atoms with E-state index in [1.165, 1.54) is 0 Å². The third-order valence-electron chi connectivity index (χ3n) is 7.05. The summed E-state index contributed by atoms with van der Waals surface area (Å²) >= 11 is 12.5. The van der Waals surface area contributed by atoms with Crippen molar-refractivity contribution in [2.24, 2.45) is 0 Å². The predicted octanol–water partition coefficient (Wildman–Crippen LogP) is 4.16. The minimum absolute atomic E-state index is 0.102. The second-order valence-electron chi connectivity index (χ2n) is 9.81. The Bertz CT molecular complexity index is 1170. The Morgan fingerprint density at radius 3 is 2.63 bits per heavy atom. The fourth-order valence-corrected chi connectivity index (χ4v) is 5.50. The van der Waals surface area contributed by atoms with E-state index in [-0.39, 0.29) is 18.2 Å². The summed E-state index contributed by atoms with van der Waals surface area (Å²) in [5.41, 5.74) is 2.91. The molecule has 38 heavy (non-hydrogen) atoms. The van der Waals surface area contributed by atoms with Crippen LogP contribution in [-0.4, -0.2) is 73.5 Å². The van der Waals surface area contributed by atoms with Crippen LogP contribution in [0.4, 0.5) is 5.69 Å². The summed E-state index contributed by atoms with van der Waals surface area (Å²) in [5, 5.41) is 12.6. The lowest BCUT2D eigenvalue weighted by atomic mass is 9.82. The van der Waals surface area contributed by atoms with Crippen LogP contribution in [0.15, 0.2) is 36.4 Å². The smallest absolute Gasteiger partial charge is 0.312 e. The van der Waals surface area contributed by atoms with Gasteiger partial charge in [0.15, 0.2) is 0 Å². The molecule has 0 bridgehead atoms. The van der Waals surface area contributed by atoms with Gasteiger partial charge in [0.25, 0.3) is 0 Å². The van der Waals surface area contributed by atoms with E-state index in [9.17, 15) is 14.4 Å². The topological polar surface area (TPSA) is 99.2 Å². The van der Waals surface area contributed by atoms with E-state index in [0.29, 0.717) is 29.5 Å². The quantitative estimate of drug-likeness (QED) is 0.314. The maximum Gasteiger partial charge on any atom is 0.312 e. The normalized spacial score (nSPS) is 17.7. The van der Waals surface area contributed by atoms with Crippen LogP contribution in [0.25, 0.3) is 0 Å². The highest BCUT2D eigenvalue weighted by Gasteiger charge is 2.26. The van der Waals surface area contributed by atoms with Gasteiger partial charge in [0, 0.05) is 51.5 Å².